The van der Waals surface area contributed by atoms with Crippen molar-refractivity contribution in [2.75, 3.05) is 34.3 Å². The van der Waals surface area contributed by atoms with Crippen LogP contribution in [-0.2, 0) is 16.1 Å². The minimum atomic E-state index is -0.323. The van der Waals surface area contributed by atoms with E-state index in [2.05, 4.69) is 11.9 Å². The zero-order valence-electron chi connectivity index (χ0n) is 17.6. The molecule has 2 amide bonds. The number of nitrogens with zero attached hydrogens (tertiary/aromatic N) is 3. The molecule has 0 aliphatic carbocycles. The van der Waals surface area contributed by atoms with Crippen molar-refractivity contribution in [1.29, 1.82) is 0 Å². The van der Waals surface area contributed by atoms with Crippen LogP contribution in [-0.4, -0.2) is 66.9 Å². The van der Waals surface area contributed by atoms with Gasteiger partial charge < -0.3 is 19.0 Å². The Morgan fingerprint density at radius 1 is 1.10 bits per heavy atom. The van der Waals surface area contributed by atoms with Gasteiger partial charge in [-0.3, -0.25) is 14.5 Å². The molecule has 2 aromatic rings. The van der Waals surface area contributed by atoms with Crippen LogP contribution in [0.2, 0.25) is 0 Å². The van der Waals surface area contributed by atoms with Crippen molar-refractivity contribution in [3.05, 3.63) is 59.7 Å². The number of likely N-dealkylation sites (N-methyl/N-ethyl adjacent to an activating group) is 1. The van der Waals surface area contributed by atoms with Crippen LogP contribution >= 0.6 is 0 Å². The van der Waals surface area contributed by atoms with E-state index in [1.165, 1.54) is 4.90 Å². The maximum atomic E-state index is 13.5. The fourth-order valence-electron chi connectivity index (χ4n) is 4.25. The van der Waals surface area contributed by atoms with Gasteiger partial charge in [0.15, 0.2) is 0 Å². The van der Waals surface area contributed by atoms with E-state index in [1.54, 1.807) is 25.5 Å². The van der Waals surface area contributed by atoms with Crippen LogP contribution in [0, 0.1) is 0 Å². The van der Waals surface area contributed by atoms with Crippen molar-refractivity contribution < 1.29 is 18.7 Å². The number of carbonyl (C=O) groups is 2. The zero-order valence-corrected chi connectivity index (χ0v) is 17.6. The molecule has 3 heterocycles. The predicted octanol–water partition coefficient (Wildman–Crippen LogP) is 2.59. The molecular weight excluding hydrogens is 382 g/mol. The first-order valence-corrected chi connectivity index (χ1v) is 10.2. The van der Waals surface area contributed by atoms with Crippen LogP contribution in [0.3, 0.4) is 0 Å². The lowest BCUT2D eigenvalue weighted by atomic mass is 9.99. The summed E-state index contributed by atoms with van der Waals surface area (Å²) < 4.78 is 10.9. The molecule has 0 atom stereocenters. The van der Waals surface area contributed by atoms with E-state index in [1.807, 2.05) is 36.2 Å². The first-order valence-electron chi connectivity index (χ1n) is 10.2. The lowest BCUT2D eigenvalue weighted by molar-refractivity contribution is -0.138. The highest BCUT2D eigenvalue weighted by Crippen LogP contribution is 2.37. The number of likely N-dealkylation sites (tertiary alicyclic amines) is 1. The topological polar surface area (TPSA) is 66.2 Å². The second-order valence-electron chi connectivity index (χ2n) is 7.85. The lowest BCUT2D eigenvalue weighted by Gasteiger charge is -2.36. The van der Waals surface area contributed by atoms with Gasteiger partial charge >= 0.3 is 0 Å². The average Bonchev–Trinajstić information content (AvgIpc) is 3.36. The van der Waals surface area contributed by atoms with Crippen LogP contribution < -0.4 is 4.74 Å². The number of rotatable bonds is 6. The molecule has 1 aromatic heterocycles. The number of hydrogen-bond acceptors (Lipinski definition) is 6. The van der Waals surface area contributed by atoms with E-state index in [4.69, 9.17) is 9.15 Å². The summed E-state index contributed by atoms with van der Waals surface area (Å²) in [5, 5.41) is 0. The quantitative estimate of drug-likeness (QED) is 0.684. The Balaban J connectivity index is 1.76. The summed E-state index contributed by atoms with van der Waals surface area (Å²) in [5.74, 6) is 0.524. The molecular formula is C23H27N3O4. The van der Waals surface area contributed by atoms with Gasteiger partial charge in [-0.2, -0.15) is 0 Å². The van der Waals surface area contributed by atoms with Crippen molar-refractivity contribution in [2.24, 2.45) is 0 Å². The third kappa shape index (κ3) is 3.61. The average molecular weight is 409 g/mol. The molecule has 158 valence electrons. The molecule has 30 heavy (non-hydrogen) atoms. The summed E-state index contributed by atoms with van der Waals surface area (Å²) in [4.78, 5) is 32.5. The Morgan fingerprint density at radius 3 is 2.50 bits per heavy atom. The fourth-order valence-corrected chi connectivity index (χ4v) is 4.25. The van der Waals surface area contributed by atoms with E-state index < -0.39 is 0 Å². The van der Waals surface area contributed by atoms with E-state index in [0.29, 0.717) is 28.3 Å². The summed E-state index contributed by atoms with van der Waals surface area (Å²) in [5.41, 5.74) is 1.46. The number of imide groups is 1. The van der Waals surface area contributed by atoms with Gasteiger partial charge in [0, 0.05) is 18.7 Å². The van der Waals surface area contributed by atoms with Crippen molar-refractivity contribution in [1.82, 2.24) is 14.7 Å². The fraction of sp³-hybridized carbons (Fsp3) is 0.391. The normalized spacial score (nSPS) is 18.4. The first-order chi connectivity index (χ1) is 14.5. The Morgan fingerprint density at radius 2 is 1.83 bits per heavy atom. The third-order valence-corrected chi connectivity index (χ3v) is 6.00. The van der Waals surface area contributed by atoms with E-state index >= 15 is 0 Å². The number of benzene rings is 1. The summed E-state index contributed by atoms with van der Waals surface area (Å²) in [6, 6.07) is 11.1. The molecule has 2 aliphatic heterocycles. The van der Waals surface area contributed by atoms with Crippen LogP contribution in [0.4, 0.5) is 0 Å². The Bertz CT molecular complexity index is 959. The van der Waals surface area contributed by atoms with E-state index in [9.17, 15) is 9.59 Å². The highest BCUT2D eigenvalue weighted by molar-refractivity contribution is 6.35. The van der Waals surface area contributed by atoms with Gasteiger partial charge in [0.1, 0.15) is 17.2 Å². The van der Waals surface area contributed by atoms with Crippen LogP contribution in [0.5, 0.6) is 5.75 Å². The predicted molar refractivity (Wildman–Crippen MR) is 112 cm³/mol. The molecule has 1 fully saturated rings. The van der Waals surface area contributed by atoms with Crippen molar-refractivity contribution >= 4 is 17.4 Å². The van der Waals surface area contributed by atoms with Crippen LogP contribution in [0.1, 0.15) is 24.2 Å². The van der Waals surface area contributed by atoms with Gasteiger partial charge in [-0.25, -0.2) is 0 Å². The molecule has 0 spiro atoms. The van der Waals surface area contributed by atoms with E-state index in [-0.39, 0.29) is 24.4 Å². The number of amides is 2. The lowest BCUT2D eigenvalue weighted by Crippen LogP contribution is -2.43. The molecule has 0 N–H and O–H groups in total. The largest absolute Gasteiger partial charge is 0.496 e. The van der Waals surface area contributed by atoms with Crippen LogP contribution in [0.15, 0.2) is 52.8 Å². The van der Waals surface area contributed by atoms with E-state index in [0.717, 1.165) is 25.9 Å². The number of carbonyl (C=O) groups excluding carboxylic acids is 2. The maximum absolute atomic E-state index is 13.5. The molecule has 2 aliphatic rings. The number of ether oxygens (including phenoxy) is 1. The zero-order chi connectivity index (χ0) is 21.3. The van der Waals surface area contributed by atoms with Crippen molar-refractivity contribution in [2.45, 2.75) is 25.4 Å². The number of hydrogen-bond donors (Lipinski definition) is 0. The second kappa shape index (κ2) is 8.36. The number of methoxy groups -OCH3 is 1. The third-order valence-electron chi connectivity index (χ3n) is 6.00. The molecule has 0 radical (unpaired) electrons. The molecule has 0 saturated carbocycles. The highest BCUT2D eigenvalue weighted by atomic mass is 16.5. The van der Waals surface area contributed by atoms with Gasteiger partial charge in [0.05, 0.1) is 25.5 Å². The summed E-state index contributed by atoms with van der Waals surface area (Å²) in [6.45, 7) is 2.03. The summed E-state index contributed by atoms with van der Waals surface area (Å²) in [6.07, 6.45) is 3.42. The highest BCUT2D eigenvalue weighted by Gasteiger charge is 2.43. The number of piperidine rings is 1. The molecule has 0 unspecified atom stereocenters. The molecule has 4 rings (SSSR count). The maximum Gasteiger partial charge on any atom is 0.278 e. The molecule has 7 heteroatoms. The standard InChI is InChI=1S/C23H27N3O4/c1-24-12-10-16(11-13-24)25(2)21-20(18-8-4-5-9-19(18)29-3)22(27)26(23(21)28)15-17-7-6-14-30-17/h4-9,14,16H,10-13,15H2,1-3H3. The number of para-hydroxylation sites is 1. The first kappa shape index (κ1) is 20.2. The van der Waals surface area contributed by atoms with Gasteiger partial charge in [-0.1, -0.05) is 18.2 Å². The summed E-state index contributed by atoms with van der Waals surface area (Å²) in [7, 11) is 5.59. The smallest absolute Gasteiger partial charge is 0.278 e. The second-order valence-corrected chi connectivity index (χ2v) is 7.85. The Labute approximate surface area is 176 Å². The van der Waals surface area contributed by atoms with Gasteiger partial charge in [-0.05, 0) is 51.2 Å². The van der Waals surface area contributed by atoms with Crippen molar-refractivity contribution in [3.63, 3.8) is 0 Å². The van der Waals surface area contributed by atoms with Crippen molar-refractivity contribution in [3.8, 4) is 5.75 Å². The monoisotopic (exact) mass is 409 g/mol. The minimum absolute atomic E-state index is 0.105. The van der Waals surface area contributed by atoms with Gasteiger partial charge in [0.25, 0.3) is 11.8 Å². The molecule has 1 aromatic carbocycles. The Hall–Kier alpha value is -3.06. The van der Waals surface area contributed by atoms with Gasteiger partial charge in [-0.15, -0.1) is 0 Å². The molecule has 7 nitrogen and oxygen atoms in total. The molecule has 0 bridgehead atoms. The van der Waals surface area contributed by atoms with Crippen LogP contribution in [0.25, 0.3) is 5.57 Å². The number of furan rings is 1. The van der Waals surface area contributed by atoms with Gasteiger partial charge in [0.2, 0.25) is 0 Å². The minimum Gasteiger partial charge on any atom is -0.496 e. The summed E-state index contributed by atoms with van der Waals surface area (Å²) >= 11 is 0. The molecule has 1 saturated heterocycles. The SMILES string of the molecule is COc1ccccc1C1=C(N(C)C2CCN(C)CC2)C(=O)N(Cc2ccco2)C1=O. The Kier molecular flexibility index (Phi) is 5.63.